The second-order valence-electron chi connectivity index (χ2n) is 5.58. The Balaban J connectivity index is 2.02. The number of amides is 1. The lowest BCUT2D eigenvalue weighted by Gasteiger charge is -2.29. The smallest absolute Gasteiger partial charge is 0.255 e. The van der Waals surface area contributed by atoms with Crippen molar-refractivity contribution in [3.63, 3.8) is 0 Å². The summed E-state index contributed by atoms with van der Waals surface area (Å²) < 4.78 is 0. The highest BCUT2D eigenvalue weighted by molar-refractivity contribution is 5.97. The van der Waals surface area contributed by atoms with Crippen LogP contribution in [0.15, 0.2) is 18.2 Å². The predicted octanol–water partition coefficient (Wildman–Crippen LogP) is 3.40. The van der Waals surface area contributed by atoms with Gasteiger partial charge < -0.3 is 10.4 Å². The fourth-order valence-corrected chi connectivity index (χ4v) is 2.90. The summed E-state index contributed by atoms with van der Waals surface area (Å²) in [5.41, 5.74) is 1.13. The molecule has 0 aliphatic heterocycles. The second-order valence-corrected chi connectivity index (χ2v) is 5.58. The van der Waals surface area contributed by atoms with Gasteiger partial charge in [-0.05, 0) is 37.3 Å². The molecule has 1 aliphatic rings. The van der Waals surface area contributed by atoms with Crippen LogP contribution in [-0.2, 0) is 0 Å². The third kappa shape index (κ3) is 3.28. The van der Waals surface area contributed by atoms with Crippen molar-refractivity contribution in [3.8, 4) is 5.75 Å². The van der Waals surface area contributed by atoms with Crippen LogP contribution < -0.4 is 5.32 Å². The van der Waals surface area contributed by atoms with Gasteiger partial charge in [-0.15, -0.1) is 0 Å². The molecule has 1 saturated carbocycles. The number of nitrogens with one attached hydrogen (secondary N) is 1. The Kier molecular flexibility index (Phi) is 4.46. The van der Waals surface area contributed by atoms with Crippen LogP contribution in [0.4, 0.5) is 0 Å². The Morgan fingerprint density at radius 3 is 2.95 bits per heavy atom. The Morgan fingerprint density at radius 2 is 2.21 bits per heavy atom. The van der Waals surface area contributed by atoms with Crippen molar-refractivity contribution in [1.82, 2.24) is 5.32 Å². The highest BCUT2D eigenvalue weighted by Crippen LogP contribution is 2.27. The summed E-state index contributed by atoms with van der Waals surface area (Å²) in [5, 5.41) is 13.0. The van der Waals surface area contributed by atoms with E-state index >= 15 is 0 Å². The summed E-state index contributed by atoms with van der Waals surface area (Å²) in [7, 11) is 0. The average molecular weight is 261 g/mol. The summed E-state index contributed by atoms with van der Waals surface area (Å²) >= 11 is 0. The van der Waals surface area contributed by atoms with Crippen LogP contribution in [-0.4, -0.2) is 17.1 Å². The van der Waals surface area contributed by atoms with Gasteiger partial charge >= 0.3 is 0 Å². The second kappa shape index (κ2) is 6.09. The quantitative estimate of drug-likeness (QED) is 0.876. The van der Waals surface area contributed by atoms with Crippen LogP contribution in [0.2, 0.25) is 0 Å². The van der Waals surface area contributed by atoms with Crippen molar-refractivity contribution in [3.05, 3.63) is 29.3 Å². The molecule has 0 heterocycles. The summed E-state index contributed by atoms with van der Waals surface area (Å²) in [5.74, 6) is 0.677. The van der Waals surface area contributed by atoms with Gasteiger partial charge in [-0.2, -0.15) is 0 Å². The van der Waals surface area contributed by atoms with Crippen LogP contribution in [0.1, 0.15) is 54.9 Å². The number of aryl methyl sites for hydroxylation is 1. The number of hydrogen-bond acceptors (Lipinski definition) is 2. The lowest BCUT2D eigenvalue weighted by Crippen LogP contribution is -2.38. The Hall–Kier alpha value is -1.51. The van der Waals surface area contributed by atoms with Gasteiger partial charge in [0.2, 0.25) is 0 Å². The molecule has 2 N–H and O–H groups in total. The number of rotatable bonds is 3. The number of carbonyl (C=O) groups is 1. The van der Waals surface area contributed by atoms with Crippen molar-refractivity contribution in [2.75, 3.05) is 0 Å². The monoisotopic (exact) mass is 261 g/mol. The first-order valence-corrected chi connectivity index (χ1v) is 7.21. The number of aromatic hydroxyl groups is 1. The zero-order valence-electron chi connectivity index (χ0n) is 11.8. The maximum absolute atomic E-state index is 12.2. The summed E-state index contributed by atoms with van der Waals surface area (Å²) in [4.78, 5) is 12.2. The van der Waals surface area contributed by atoms with Gasteiger partial charge in [0.1, 0.15) is 5.75 Å². The summed E-state index contributed by atoms with van der Waals surface area (Å²) in [6, 6.07) is 5.54. The van der Waals surface area contributed by atoms with Gasteiger partial charge in [0.25, 0.3) is 5.91 Å². The van der Waals surface area contributed by atoms with Crippen LogP contribution >= 0.6 is 0 Å². The van der Waals surface area contributed by atoms with E-state index in [-0.39, 0.29) is 17.7 Å². The molecule has 104 valence electrons. The number of carbonyl (C=O) groups excluding carboxylic acids is 1. The minimum absolute atomic E-state index is 0.0999. The zero-order chi connectivity index (χ0) is 13.8. The van der Waals surface area contributed by atoms with Gasteiger partial charge in [-0.1, -0.05) is 38.3 Å². The number of para-hydroxylation sites is 1. The largest absolute Gasteiger partial charge is 0.507 e. The van der Waals surface area contributed by atoms with Crippen LogP contribution in [0, 0.1) is 12.8 Å². The molecular formula is C16H23NO2. The fourth-order valence-electron chi connectivity index (χ4n) is 2.90. The Morgan fingerprint density at radius 1 is 1.42 bits per heavy atom. The molecule has 2 atom stereocenters. The van der Waals surface area contributed by atoms with Crippen molar-refractivity contribution < 1.29 is 9.90 Å². The normalized spacial score (nSPS) is 23.1. The molecule has 3 heteroatoms. The van der Waals surface area contributed by atoms with Crippen LogP contribution in [0.5, 0.6) is 5.75 Å². The van der Waals surface area contributed by atoms with E-state index in [2.05, 4.69) is 12.2 Å². The topological polar surface area (TPSA) is 49.3 Å². The molecule has 0 bridgehead atoms. The highest BCUT2D eigenvalue weighted by Gasteiger charge is 2.23. The maximum Gasteiger partial charge on any atom is 0.255 e. The number of phenols is 1. The minimum atomic E-state index is -0.150. The molecule has 0 spiro atoms. The molecule has 3 nitrogen and oxygen atoms in total. The van der Waals surface area contributed by atoms with E-state index in [1.165, 1.54) is 19.3 Å². The number of benzene rings is 1. The lowest BCUT2D eigenvalue weighted by molar-refractivity contribution is 0.0916. The van der Waals surface area contributed by atoms with E-state index in [1.54, 1.807) is 25.1 Å². The summed E-state index contributed by atoms with van der Waals surface area (Å²) in [6.45, 7) is 4.01. The van der Waals surface area contributed by atoms with Gasteiger partial charge in [0, 0.05) is 6.04 Å². The molecule has 1 fully saturated rings. The van der Waals surface area contributed by atoms with E-state index in [9.17, 15) is 9.90 Å². The van der Waals surface area contributed by atoms with E-state index < -0.39 is 0 Å². The molecule has 0 aromatic heterocycles. The standard InChI is InChI=1S/C16H23NO2/c1-3-12-7-5-8-13(10-12)17-16(19)14-9-4-6-11(2)15(14)18/h4,6,9,12-13,18H,3,5,7-8,10H2,1-2H3,(H,17,19). The third-order valence-electron chi connectivity index (χ3n) is 4.18. The zero-order valence-corrected chi connectivity index (χ0v) is 11.8. The molecule has 0 saturated heterocycles. The molecule has 2 unspecified atom stereocenters. The lowest BCUT2D eigenvalue weighted by atomic mass is 9.84. The molecule has 1 amide bonds. The number of phenolic OH excluding ortho intramolecular Hbond substituents is 1. The SMILES string of the molecule is CCC1CCCC(NC(=O)c2cccc(C)c2O)C1. The average Bonchev–Trinajstić information content (AvgIpc) is 2.42. The van der Waals surface area contributed by atoms with Gasteiger partial charge in [0.05, 0.1) is 5.56 Å². The minimum Gasteiger partial charge on any atom is -0.507 e. The first kappa shape index (κ1) is 13.9. The number of hydrogen-bond donors (Lipinski definition) is 2. The molecule has 19 heavy (non-hydrogen) atoms. The van der Waals surface area contributed by atoms with E-state index in [0.29, 0.717) is 5.56 Å². The summed E-state index contributed by atoms with van der Waals surface area (Å²) in [6.07, 6.45) is 5.76. The first-order chi connectivity index (χ1) is 9.11. The molecule has 1 aromatic carbocycles. The van der Waals surface area contributed by atoms with E-state index in [0.717, 1.165) is 24.3 Å². The molecule has 1 aromatic rings. The van der Waals surface area contributed by atoms with Gasteiger partial charge in [0.15, 0.2) is 0 Å². The van der Waals surface area contributed by atoms with Crippen molar-refractivity contribution in [1.29, 1.82) is 0 Å². The van der Waals surface area contributed by atoms with E-state index in [4.69, 9.17) is 0 Å². The highest BCUT2D eigenvalue weighted by atomic mass is 16.3. The Labute approximate surface area is 115 Å². The molecule has 1 aliphatic carbocycles. The molecule has 2 rings (SSSR count). The molecule has 0 radical (unpaired) electrons. The maximum atomic E-state index is 12.2. The van der Waals surface area contributed by atoms with Crippen molar-refractivity contribution in [2.24, 2.45) is 5.92 Å². The van der Waals surface area contributed by atoms with Gasteiger partial charge in [-0.3, -0.25) is 4.79 Å². The van der Waals surface area contributed by atoms with Gasteiger partial charge in [-0.25, -0.2) is 0 Å². The van der Waals surface area contributed by atoms with Crippen LogP contribution in [0.25, 0.3) is 0 Å². The van der Waals surface area contributed by atoms with Crippen molar-refractivity contribution >= 4 is 5.91 Å². The Bertz CT molecular complexity index is 456. The van der Waals surface area contributed by atoms with Crippen molar-refractivity contribution in [2.45, 2.75) is 52.0 Å². The molecular weight excluding hydrogens is 238 g/mol. The van der Waals surface area contributed by atoms with E-state index in [1.807, 2.05) is 0 Å². The third-order valence-corrected chi connectivity index (χ3v) is 4.18. The fraction of sp³-hybridized carbons (Fsp3) is 0.562. The first-order valence-electron chi connectivity index (χ1n) is 7.21. The predicted molar refractivity (Wildman–Crippen MR) is 76.3 cm³/mol. The van der Waals surface area contributed by atoms with Crippen LogP contribution in [0.3, 0.4) is 0 Å².